The second kappa shape index (κ2) is 10.7. The standard InChI is InChI=1S/C25H25ClFN5O2/c1-2-34-25(33)17-6-4-10-32(14-17)9-3-5-16-11-23-19(13-22(16)28)24(30-15-29-23)31-18-7-8-21(27)20(26)12-18/h7-8,11-13,15,17H,2,4,6,9-10,14,28H2,1H3,(H,29,30,31). The third-order valence-corrected chi connectivity index (χ3v) is 5.93. The van der Waals surface area contributed by atoms with E-state index in [0.29, 0.717) is 53.4 Å². The molecule has 0 amide bonds. The summed E-state index contributed by atoms with van der Waals surface area (Å²) in [5.41, 5.74) is 8.71. The lowest BCUT2D eigenvalue weighted by atomic mass is 9.98. The number of nitrogens with one attached hydrogen (secondary N) is 1. The first-order chi connectivity index (χ1) is 16.4. The molecule has 9 heteroatoms. The summed E-state index contributed by atoms with van der Waals surface area (Å²) in [4.78, 5) is 22.8. The van der Waals surface area contributed by atoms with E-state index in [1.165, 1.54) is 18.5 Å². The molecule has 0 bridgehead atoms. The molecule has 1 atom stereocenters. The van der Waals surface area contributed by atoms with Crippen molar-refractivity contribution in [3.8, 4) is 11.8 Å². The molecule has 0 aliphatic carbocycles. The molecular weight excluding hydrogens is 457 g/mol. The number of aromatic nitrogens is 2. The average Bonchev–Trinajstić information content (AvgIpc) is 2.82. The molecule has 3 aromatic rings. The number of carbonyl (C=O) groups excluding carboxylic acids is 1. The lowest BCUT2D eigenvalue weighted by Crippen LogP contribution is -2.39. The Labute approximate surface area is 202 Å². The minimum absolute atomic E-state index is 0.0164. The second-order valence-electron chi connectivity index (χ2n) is 8.06. The van der Waals surface area contributed by atoms with Gasteiger partial charge in [-0.3, -0.25) is 9.69 Å². The van der Waals surface area contributed by atoms with Gasteiger partial charge in [-0.1, -0.05) is 23.4 Å². The van der Waals surface area contributed by atoms with Gasteiger partial charge in [0.05, 0.1) is 29.6 Å². The number of nitrogens with two attached hydrogens (primary N) is 1. The Kier molecular flexibility index (Phi) is 7.46. The van der Waals surface area contributed by atoms with Gasteiger partial charge in [-0.2, -0.15) is 0 Å². The Morgan fingerprint density at radius 3 is 3.00 bits per heavy atom. The van der Waals surface area contributed by atoms with Crippen molar-refractivity contribution in [1.29, 1.82) is 0 Å². The van der Waals surface area contributed by atoms with Crippen molar-refractivity contribution in [2.24, 2.45) is 5.92 Å². The molecule has 4 rings (SSSR count). The number of hydrogen-bond acceptors (Lipinski definition) is 7. The molecule has 7 nitrogen and oxygen atoms in total. The summed E-state index contributed by atoms with van der Waals surface area (Å²) < 4.78 is 18.6. The van der Waals surface area contributed by atoms with Crippen LogP contribution in [0.1, 0.15) is 25.3 Å². The van der Waals surface area contributed by atoms with E-state index >= 15 is 0 Å². The predicted molar refractivity (Wildman–Crippen MR) is 131 cm³/mol. The molecule has 34 heavy (non-hydrogen) atoms. The molecule has 1 fully saturated rings. The summed E-state index contributed by atoms with van der Waals surface area (Å²) in [5, 5.41) is 3.86. The molecule has 1 aliphatic heterocycles. The summed E-state index contributed by atoms with van der Waals surface area (Å²) in [6.45, 7) is 4.30. The Balaban J connectivity index is 1.49. The zero-order chi connectivity index (χ0) is 24.1. The van der Waals surface area contributed by atoms with Crippen molar-refractivity contribution in [2.45, 2.75) is 19.8 Å². The number of halogens is 2. The third kappa shape index (κ3) is 5.56. The van der Waals surface area contributed by atoms with Crippen LogP contribution in [0.15, 0.2) is 36.7 Å². The maximum Gasteiger partial charge on any atom is 0.310 e. The highest BCUT2D eigenvalue weighted by Gasteiger charge is 2.26. The molecule has 1 unspecified atom stereocenters. The molecule has 2 heterocycles. The van der Waals surface area contributed by atoms with Crippen molar-refractivity contribution < 1.29 is 13.9 Å². The molecule has 3 N–H and O–H groups in total. The van der Waals surface area contributed by atoms with Crippen molar-refractivity contribution in [1.82, 2.24) is 14.9 Å². The average molecular weight is 482 g/mol. The van der Waals surface area contributed by atoms with E-state index < -0.39 is 5.82 Å². The molecule has 1 aliphatic rings. The van der Waals surface area contributed by atoms with Gasteiger partial charge < -0.3 is 15.8 Å². The summed E-state index contributed by atoms with van der Waals surface area (Å²) in [5.74, 6) is 6.10. The Morgan fingerprint density at radius 1 is 1.35 bits per heavy atom. The molecule has 1 aromatic heterocycles. The van der Waals surface area contributed by atoms with Crippen molar-refractivity contribution in [3.63, 3.8) is 0 Å². The fourth-order valence-electron chi connectivity index (χ4n) is 3.94. The van der Waals surface area contributed by atoms with Gasteiger partial charge in [0, 0.05) is 28.9 Å². The monoisotopic (exact) mass is 481 g/mol. The Bertz CT molecular complexity index is 1270. The fraction of sp³-hybridized carbons (Fsp3) is 0.320. The Hall–Kier alpha value is -3.41. The van der Waals surface area contributed by atoms with Crippen LogP contribution in [0.5, 0.6) is 0 Å². The quantitative estimate of drug-likeness (QED) is 0.317. The molecule has 0 radical (unpaired) electrons. The fourth-order valence-corrected chi connectivity index (χ4v) is 4.12. The van der Waals surface area contributed by atoms with Crippen molar-refractivity contribution in [2.75, 3.05) is 37.3 Å². The zero-order valence-electron chi connectivity index (χ0n) is 18.8. The summed E-state index contributed by atoms with van der Waals surface area (Å²) in [6, 6.07) is 7.93. The molecule has 0 spiro atoms. The van der Waals surface area contributed by atoms with E-state index in [0.717, 1.165) is 19.4 Å². The smallest absolute Gasteiger partial charge is 0.310 e. The third-order valence-electron chi connectivity index (χ3n) is 5.64. The topological polar surface area (TPSA) is 93.4 Å². The van der Waals surface area contributed by atoms with Gasteiger partial charge >= 0.3 is 5.97 Å². The summed E-state index contributed by atoms with van der Waals surface area (Å²) >= 11 is 5.88. The van der Waals surface area contributed by atoms with E-state index in [-0.39, 0.29) is 16.9 Å². The number of hydrogen-bond donors (Lipinski definition) is 2. The van der Waals surface area contributed by atoms with Gasteiger partial charge in [0.1, 0.15) is 18.0 Å². The number of anilines is 3. The highest BCUT2D eigenvalue weighted by molar-refractivity contribution is 6.31. The summed E-state index contributed by atoms with van der Waals surface area (Å²) in [6.07, 6.45) is 3.22. The number of esters is 1. The number of likely N-dealkylation sites (tertiary alicyclic amines) is 1. The lowest BCUT2D eigenvalue weighted by molar-refractivity contribution is -0.149. The first kappa shape index (κ1) is 23.7. The molecule has 1 saturated heterocycles. The number of nitrogens with zero attached hydrogens (tertiary/aromatic N) is 3. The van der Waals surface area contributed by atoms with Gasteiger partial charge in [-0.25, -0.2) is 14.4 Å². The number of rotatable bonds is 5. The highest BCUT2D eigenvalue weighted by atomic mass is 35.5. The zero-order valence-corrected chi connectivity index (χ0v) is 19.5. The second-order valence-corrected chi connectivity index (χ2v) is 8.47. The molecular formula is C25H25ClFN5O2. The minimum Gasteiger partial charge on any atom is -0.466 e. The number of piperidine rings is 1. The number of nitrogen functional groups attached to an aromatic ring is 1. The SMILES string of the molecule is CCOC(=O)C1CCCN(CC#Cc2cc3ncnc(Nc4ccc(F)c(Cl)c4)c3cc2N)C1. The maximum atomic E-state index is 13.5. The molecule has 2 aromatic carbocycles. The van der Waals surface area contributed by atoms with Gasteiger partial charge in [0.2, 0.25) is 0 Å². The van der Waals surface area contributed by atoms with Crippen LogP contribution >= 0.6 is 11.6 Å². The number of ether oxygens (including phenoxy) is 1. The van der Waals surface area contributed by atoms with E-state index in [1.807, 2.05) is 13.0 Å². The van der Waals surface area contributed by atoms with E-state index in [1.54, 1.807) is 12.1 Å². The van der Waals surface area contributed by atoms with Gasteiger partial charge in [-0.15, -0.1) is 0 Å². The van der Waals surface area contributed by atoms with Gasteiger partial charge in [0.25, 0.3) is 0 Å². The van der Waals surface area contributed by atoms with Crippen LogP contribution < -0.4 is 11.1 Å². The van der Waals surface area contributed by atoms with Crippen LogP contribution in [0.3, 0.4) is 0 Å². The number of carbonyl (C=O) groups is 1. The Morgan fingerprint density at radius 2 is 2.21 bits per heavy atom. The van der Waals surface area contributed by atoms with Crippen LogP contribution in [-0.2, 0) is 9.53 Å². The van der Waals surface area contributed by atoms with Crippen LogP contribution in [0, 0.1) is 23.6 Å². The van der Waals surface area contributed by atoms with E-state index in [2.05, 4.69) is 32.0 Å². The van der Waals surface area contributed by atoms with Gasteiger partial charge in [0.15, 0.2) is 0 Å². The van der Waals surface area contributed by atoms with E-state index in [4.69, 9.17) is 22.1 Å². The lowest BCUT2D eigenvalue weighted by Gasteiger charge is -2.29. The summed E-state index contributed by atoms with van der Waals surface area (Å²) in [7, 11) is 0. The van der Waals surface area contributed by atoms with Crippen LogP contribution in [0.4, 0.5) is 21.6 Å². The van der Waals surface area contributed by atoms with Crippen LogP contribution in [0.25, 0.3) is 10.9 Å². The van der Waals surface area contributed by atoms with Crippen LogP contribution in [-0.4, -0.2) is 47.1 Å². The normalized spacial score (nSPS) is 16.0. The van der Waals surface area contributed by atoms with Crippen LogP contribution in [0.2, 0.25) is 5.02 Å². The van der Waals surface area contributed by atoms with Crippen molar-refractivity contribution >= 4 is 45.7 Å². The molecule has 0 saturated carbocycles. The van der Waals surface area contributed by atoms with Gasteiger partial charge in [-0.05, 0) is 56.6 Å². The molecule has 176 valence electrons. The maximum absolute atomic E-state index is 13.5. The highest BCUT2D eigenvalue weighted by Crippen LogP contribution is 2.28. The van der Waals surface area contributed by atoms with E-state index in [9.17, 15) is 9.18 Å². The largest absolute Gasteiger partial charge is 0.466 e. The predicted octanol–water partition coefficient (Wildman–Crippen LogP) is 4.37. The minimum atomic E-state index is -0.492. The first-order valence-corrected chi connectivity index (χ1v) is 11.5. The van der Waals surface area contributed by atoms with Crippen molar-refractivity contribution in [3.05, 3.63) is 53.1 Å². The number of benzene rings is 2. The number of fused-ring (bicyclic) bond motifs is 1. The first-order valence-electron chi connectivity index (χ1n) is 11.1.